The second kappa shape index (κ2) is 8.11. The Hall–Kier alpha value is -3.41. The molecule has 3 rings (SSSR count). The zero-order valence-electron chi connectivity index (χ0n) is 14.6. The molecule has 2 N–H and O–H groups in total. The van der Waals surface area contributed by atoms with Crippen LogP contribution in [0.25, 0.3) is 0 Å². The topological polar surface area (TPSA) is 76.1 Å². The van der Waals surface area contributed by atoms with Crippen LogP contribution in [0.1, 0.15) is 28.9 Å². The molecule has 0 bridgehead atoms. The Morgan fingerprint density at radius 3 is 2.27 bits per heavy atom. The van der Waals surface area contributed by atoms with Gasteiger partial charge in [0.2, 0.25) is 5.95 Å². The second-order valence-electron chi connectivity index (χ2n) is 5.75. The highest BCUT2D eigenvalue weighted by molar-refractivity contribution is 5.93. The maximum atomic E-state index is 12.3. The minimum Gasteiger partial charge on any atom is -0.497 e. The first-order valence-corrected chi connectivity index (χ1v) is 8.24. The first kappa shape index (κ1) is 17.4. The average Bonchev–Trinajstić information content (AvgIpc) is 2.69. The predicted molar refractivity (Wildman–Crippen MR) is 101 cm³/mol. The van der Waals surface area contributed by atoms with E-state index in [4.69, 9.17) is 4.74 Å². The molecular weight excluding hydrogens is 328 g/mol. The highest BCUT2D eigenvalue weighted by Gasteiger charge is 2.12. The van der Waals surface area contributed by atoms with Crippen LogP contribution in [0.3, 0.4) is 0 Å². The second-order valence-corrected chi connectivity index (χ2v) is 5.75. The molecule has 132 valence electrons. The summed E-state index contributed by atoms with van der Waals surface area (Å²) in [6.07, 6.45) is 3.01. The Bertz CT molecular complexity index is 849. The van der Waals surface area contributed by atoms with Gasteiger partial charge in [0.15, 0.2) is 0 Å². The maximum absolute atomic E-state index is 12.3. The molecule has 0 aliphatic rings. The SMILES string of the molecule is COc1ccc(Nc2ncc(C(=O)NC(C)c3ccccc3)cn2)cc1. The molecular formula is C20H20N4O2. The van der Waals surface area contributed by atoms with Gasteiger partial charge in [-0.3, -0.25) is 4.79 Å². The van der Waals surface area contributed by atoms with Crippen LogP contribution in [0.15, 0.2) is 67.0 Å². The number of anilines is 2. The third-order valence-electron chi connectivity index (χ3n) is 3.91. The van der Waals surface area contributed by atoms with Crippen molar-refractivity contribution in [1.29, 1.82) is 0 Å². The molecule has 6 nitrogen and oxygen atoms in total. The molecule has 0 fully saturated rings. The fourth-order valence-electron chi connectivity index (χ4n) is 2.42. The van der Waals surface area contributed by atoms with Crippen LogP contribution in [-0.4, -0.2) is 23.0 Å². The fourth-order valence-corrected chi connectivity index (χ4v) is 2.42. The quantitative estimate of drug-likeness (QED) is 0.710. The Kier molecular flexibility index (Phi) is 5.43. The number of nitrogens with one attached hydrogen (secondary N) is 2. The molecule has 0 saturated carbocycles. The normalized spacial score (nSPS) is 11.5. The van der Waals surface area contributed by atoms with Crippen LogP contribution >= 0.6 is 0 Å². The van der Waals surface area contributed by atoms with Gasteiger partial charge in [-0.2, -0.15) is 0 Å². The molecule has 1 heterocycles. The molecule has 0 radical (unpaired) electrons. The number of hydrogen-bond acceptors (Lipinski definition) is 5. The van der Waals surface area contributed by atoms with E-state index < -0.39 is 0 Å². The van der Waals surface area contributed by atoms with E-state index in [1.807, 2.05) is 61.5 Å². The Labute approximate surface area is 152 Å². The number of ether oxygens (including phenoxy) is 1. The molecule has 0 spiro atoms. The smallest absolute Gasteiger partial charge is 0.254 e. The first-order chi connectivity index (χ1) is 12.7. The number of methoxy groups -OCH3 is 1. The summed E-state index contributed by atoms with van der Waals surface area (Å²) in [7, 11) is 1.62. The van der Waals surface area contributed by atoms with Crippen LogP contribution in [0.2, 0.25) is 0 Å². The van der Waals surface area contributed by atoms with E-state index >= 15 is 0 Å². The molecule has 3 aromatic rings. The lowest BCUT2D eigenvalue weighted by molar-refractivity contribution is 0.0939. The lowest BCUT2D eigenvalue weighted by Gasteiger charge is -2.14. The van der Waals surface area contributed by atoms with Gasteiger partial charge < -0.3 is 15.4 Å². The Morgan fingerprint density at radius 2 is 1.65 bits per heavy atom. The predicted octanol–water partition coefficient (Wildman–Crippen LogP) is 3.72. The van der Waals surface area contributed by atoms with Gasteiger partial charge in [0, 0.05) is 18.1 Å². The van der Waals surface area contributed by atoms with Crippen LogP contribution in [0, 0.1) is 0 Å². The van der Waals surface area contributed by atoms with Gasteiger partial charge in [-0.25, -0.2) is 9.97 Å². The Morgan fingerprint density at radius 1 is 1.00 bits per heavy atom. The summed E-state index contributed by atoms with van der Waals surface area (Å²) in [5.41, 5.74) is 2.29. The summed E-state index contributed by atoms with van der Waals surface area (Å²) in [4.78, 5) is 20.7. The lowest BCUT2D eigenvalue weighted by Crippen LogP contribution is -2.26. The van der Waals surface area contributed by atoms with Gasteiger partial charge in [-0.05, 0) is 36.8 Å². The van der Waals surface area contributed by atoms with E-state index in [2.05, 4.69) is 20.6 Å². The number of carbonyl (C=O) groups excluding carboxylic acids is 1. The molecule has 0 aliphatic heterocycles. The Balaban J connectivity index is 1.62. The van der Waals surface area contributed by atoms with Gasteiger partial charge in [-0.15, -0.1) is 0 Å². The molecule has 6 heteroatoms. The number of rotatable bonds is 6. The summed E-state index contributed by atoms with van der Waals surface area (Å²) in [5, 5.41) is 6.02. The van der Waals surface area contributed by atoms with Crippen LogP contribution in [-0.2, 0) is 0 Å². The summed E-state index contributed by atoms with van der Waals surface area (Å²) in [5.74, 6) is 0.983. The van der Waals surface area contributed by atoms with E-state index in [9.17, 15) is 4.79 Å². The van der Waals surface area contributed by atoms with Crippen molar-refractivity contribution in [2.24, 2.45) is 0 Å². The summed E-state index contributed by atoms with van der Waals surface area (Å²) in [6, 6.07) is 17.1. The van der Waals surface area contributed by atoms with Crippen molar-refractivity contribution in [3.8, 4) is 5.75 Å². The molecule has 2 aromatic carbocycles. The number of aromatic nitrogens is 2. The fraction of sp³-hybridized carbons (Fsp3) is 0.150. The van der Waals surface area contributed by atoms with E-state index in [1.165, 1.54) is 12.4 Å². The van der Waals surface area contributed by atoms with E-state index in [0.717, 1.165) is 17.0 Å². The van der Waals surface area contributed by atoms with Crippen molar-refractivity contribution >= 4 is 17.5 Å². The van der Waals surface area contributed by atoms with Crippen LogP contribution < -0.4 is 15.4 Å². The van der Waals surface area contributed by atoms with Crippen molar-refractivity contribution in [3.63, 3.8) is 0 Å². The van der Waals surface area contributed by atoms with Crippen molar-refractivity contribution in [1.82, 2.24) is 15.3 Å². The molecule has 1 aromatic heterocycles. The van der Waals surface area contributed by atoms with Crippen molar-refractivity contribution in [3.05, 3.63) is 78.1 Å². The number of hydrogen-bond donors (Lipinski definition) is 2. The highest BCUT2D eigenvalue weighted by Crippen LogP contribution is 2.18. The highest BCUT2D eigenvalue weighted by atomic mass is 16.5. The monoisotopic (exact) mass is 348 g/mol. The van der Waals surface area contributed by atoms with E-state index in [-0.39, 0.29) is 11.9 Å². The van der Waals surface area contributed by atoms with Crippen LogP contribution in [0.5, 0.6) is 5.75 Å². The van der Waals surface area contributed by atoms with Gasteiger partial charge in [0.05, 0.1) is 18.7 Å². The minimum absolute atomic E-state index is 0.0965. The number of amides is 1. The molecule has 0 aliphatic carbocycles. The number of nitrogens with zero attached hydrogens (tertiary/aromatic N) is 2. The van der Waals surface area contributed by atoms with Gasteiger partial charge in [0.25, 0.3) is 5.91 Å². The number of benzene rings is 2. The molecule has 0 saturated heterocycles. The van der Waals surface area contributed by atoms with Gasteiger partial charge >= 0.3 is 0 Å². The van der Waals surface area contributed by atoms with Crippen molar-refractivity contribution < 1.29 is 9.53 Å². The minimum atomic E-state index is -0.211. The standard InChI is InChI=1S/C20H20N4O2/c1-14(15-6-4-3-5-7-15)23-19(25)16-12-21-20(22-13-16)24-17-8-10-18(26-2)11-9-17/h3-14H,1-2H3,(H,23,25)(H,21,22,24). The number of carbonyl (C=O) groups is 1. The van der Waals surface area contributed by atoms with Gasteiger partial charge in [-0.1, -0.05) is 30.3 Å². The van der Waals surface area contributed by atoms with E-state index in [0.29, 0.717) is 11.5 Å². The van der Waals surface area contributed by atoms with Crippen molar-refractivity contribution in [2.45, 2.75) is 13.0 Å². The molecule has 26 heavy (non-hydrogen) atoms. The molecule has 1 atom stereocenters. The third kappa shape index (κ3) is 4.36. The summed E-state index contributed by atoms with van der Waals surface area (Å²) >= 11 is 0. The lowest BCUT2D eigenvalue weighted by atomic mass is 10.1. The molecule has 1 unspecified atom stereocenters. The largest absolute Gasteiger partial charge is 0.497 e. The average molecular weight is 348 g/mol. The zero-order chi connectivity index (χ0) is 18.4. The molecule has 1 amide bonds. The zero-order valence-corrected chi connectivity index (χ0v) is 14.6. The maximum Gasteiger partial charge on any atom is 0.254 e. The summed E-state index contributed by atoms with van der Waals surface area (Å²) < 4.78 is 5.12. The summed E-state index contributed by atoms with van der Waals surface area (Å²) in [6.45, 7) is 1.94. The van der Waals surface area contributed by atoms with Gasteiger partial charge in [0.1, 0.15) is 5.75 Å². The van der Waals surface area contributed by atoms with E-state index in [1.54, 1.807) is 7.11 Å². The third-order valence-corrected chi connectivity index (χ3v) is 3.91. The van der Waals surface area contributed by atoms with Crippen molar-refractivity contribution in [2.75, 3.05) is 12.4 Å². The first-order valence-electron chi connectivity index (χ1n) is 8.24. The van der Waals surface area contributed by atoms with Crippen LogP contribution in [0.4, 0.5) is 11.6 Å².